The number of anilines is 1. The Balaban J connectivity index is 2.05. The van der Waals surface area contributed by atoms with Gasteiger partial charge in [-0.2, -0.15) is 4.37 Å². The number of carbonyl (C=O) groups excluding carboxylic acids is 1. The minimum absolute atomic E-state index is 0.0208. The Bertz CT molecular complexity index is 685. The third kappa shape index (κ3) is 4.43. The fourth-order valence-corrected chi connectivity index (χ4v) is 2.48. The van der Waals surface area contributed by atoms with E-state index in [2.05, 4.69) is 9.69 Å². The second-order valence-electron chi connectivity index (χ2n) is 4.91. The van der Waals surface area contributed by atoms with E-state index in [1.54, 1.807) is 14.1 Å². The Kier molecular flexibility index (Phi) is 5.53. The van der Waals surface area contributed by atoms with Gasteiger partial charge in [0.05, 0.1) is 6.61 Å². The van der Waals surface area contributed by atoms with E-state index >= 15 is 0 Å². The molecule has 0 aliphatic rings. The molecule has 0 fully saturated rings. The molecule has 23 heavy (non-hydrogen) atoms. The molecule has 7 nitrogen and oxygen atoms in total. The van der Waals surface area contributed by atoms with E-state index in [0.29, 0.717) is 13.0 Å². The quantitative estimate of drug-likeness (QED) is 0.846. The molecule has 0 radical (unpaired) electrons. The lowest BCUT2D eigenvalue weighted by molar-refractivity contribution is 0.0693. The van der Waals surface area contributed by atoms with Gasteiger partial charge in [-0.1, -0.05) is 30.3 Å². The highest BCUT2D eigenvalue weighted by atomic mass is 32.1. The van der Waals surface area contributed by atoms with Gasteiger partial charge in [0.15, 0.2) is 5.56 Å². The van der Waals surface area contributed by atoms with Crippen molar-refractivity contribution >= 4 is 28.5 Å². The number of aromatic nitrogens is 1. The molecule has 8 heteroatoms. The molecule has 2 N–H and O–H groups in total. The van der Waals surface area contributed by atoms with E-state index in [-0.39, 0.29) is 16.4 Å². The summed E-state index contributed by atoms with van der Waals surface area (Å²) in [6.07, 6.45) is 0.636. The number of urea groups is 1. The molecule has 0 aliphatic heterocycles. The van der Waals surface area contributed by atoms with Crippen LogP contribution < -0.4 is 10.1 Å². The monoisotopic (exact) mass is 335 g/mol. The number of carboxylic acid groups (broad SMARTS) is 1. The van der Waals surface area contributed by atoms with Gasteiger partial charge in [0.25, 0.3) is 0 Å². The Morgan fingerprint density at radius 2 is 2.00 bits per heavy atom. The van der Waals surface area contributed by atoms with Crippen molar-refractivity contribution in [3.8, 4) is 5.88 Å². The molecule has 0 unspecified atom stereocenters. The van der Waals surface area contributed by atoms with E-state index in [0.717, 1.165) is 17.1 Å². The van der Waals surface area contributed by atoms with Crippen LogP contribution in [-0.4, -0.2) is 47.1 Å². The third-order valence-electron chi connectivity index (χ3n) is 2.97. The highest BCUT2D eigenvalue weighted by Crippen LogP contribution is 2.30. The number of benzene rings is 1. The van der Waals surface area contributed by atoms with Crippen LogP contribution in [0.3, 0.4) is 0 Å². The number of nitrogens with zero attached hydrogens (tertiary/aromatic N) is 2. The first-order valence-corrected chi connectivity index (χ1v) is 7.64. The van der Waals surface area contributed by atoms with Crippen molar-refractivity contribution in [1.29, 1.82) is 0 Å². The summed E-state index contributed by atoms with van der Waals surface area (Å²) in [6, 6.07) is 9.28. The van der Waals surface area contributed by atoms with Crippen LogP contribution in [0.5, 0.6) is 5.88 Å². The molecule has 0 spiro atoms. The van der Waals surface area contributed by atoms with Gasteiger partial charge in [-0.25, -0.2) is 9.59 Å². The maximum atomic E-state index is 11.7. The van der Waals surface area contributed by atoms with Gasteiger partial charge in [0.1, 0.15) is 5.00 Å². The van der Waals surface area contributed by atoms with Gasteiger partial charge in [0, 0.05) is 20.5 Å². The van der Waals surface area contributed by atoms with E-state index in [1.165, 1.54) is 4.90 Å². The van der Waals surface area contributed by atoms with Gasteiger partial charge in [0.2, 0.25) is 5.88 Å². The largest absolute Gasteiger partial charge is 0.477 e. The topological polar surface area (TPSA) is 91.8 Å². The average molecular weight is 335 g/mol. The number of carboxylic acids is 1. The van der Waals surface area contributed by atoms with Crippen LogP contribution in [0.25, 0.3) is 0 Å². The van der Waals surface area contributed by atoms with Crippen LogP contribution in [-0.2, 0) is 6.42 Å². The first-order valence-electron chi connectivity index (χ1n) is 6.87. The van der Waals surface area contributed by atoms with E-state index < -0.39 is 12.0 Å². The zero-order valence-corrected chi connectivity index (χ0v) is 13.6. The van der Waals surface area contributed by atoms with Crippen molar-refractivity contribution in [2.75, 3.05) is 26.0 Å². The van der Waals surface area contributed by atoms with Gasteiger partial charge in [-0.05, 0) is 17.1 Å². The number of rotatable bonds is 6. The predicted octanol–water partition coefficient (Wildman–Crippen LogP) is 2.56. The standard InChI is InChI=1S/C15H17N3O4S/c1-18(2)15(21)16-13-11(14(19)20)12(17-23-13)22-9-8-10-6-4-3-5-7-10/h3-7H,8-9H2,1-2H3,(H,16,21)(H,19,20). The number of aromatic carboxylic acids is 1. The van der Waals surface area contributed by atoms with Crippen LogP contribution in [0.2, 0.25) is 0 Å². The zero-order chi connectivity index (χ0) is 16.8. The molecule has 1 aromatic heterocycles. The fraction of sp³-hybridized carbons (Fsp3) is 0.267. The second-order valence-corrected chi connectivity index (χ2v) is 5.68. The summed E-state index contributed by atoms with van der Waals surface area (Å²) in [6.45, 7) is 0.301. The minimum Gasteiger partial charge on any atom is -0.477 e. The van der Waals surface area contributed by atoms with Gasteiger partial charge >= 0.3 is 12.0 Å². The molecule has 2 rings (SSSR count). The lowest BCUT2D eigenvalue weighted by Gasteiger charge is -2.11. The second kappa shape index (κ2) is 7.59. The van der Waals surface area contributed by atoms with Crippen LogP contribution in [0.1, 0.15) is 15.9 Å². The molecule has 122 valence electrons. The Morgan fingerprint density at radius 3 is 2.61 bits per heavy atom. The van der Waals surface area contributed by atoms with Crippen molar-refractivity contribution in [2.45, 2.75) is 6.42 Å². The molecular formula is C15H17N3O4S. The maximum absolute atomic E-state index is 11.7. The SMILES string of the molecule is CN(C)C(=O)Nc1snc(OCCc2ccccc2)c1C(=O)O. The zero-order valence-electron chi connectivity index (χ0n) is 12.8. The Hall–Kier alpha value is -2.61. The molecule has 0 saturated heterocycles. The van der Waals surface area contributed by atoms with Crippen LogP contribution in [0.15, 0.2) is 30.3 Å². The summed E-state index contributed by atoms with van der Waals surface area (Å²) in [5.74, 6) is -1.17. The van der Waals surface area contributed by atoms with Crippen molar-refractivity contribution in [2.24, 2.45) is 0 Å². The molecule has 2 amide bonds. The van der Waals surface area contributed by atoms with E-state index in [4.69, 9.17) is 4.74 Å². The molecule has 0 saturated carbocycles. The molecule has 0 bridgehead atoms. The molecule has 0 aliphatic carbocycles. The van der Waals surface area contributed by atoms with Crippen molar-refractivity contribution in [3.05, 3.63) is 41.5 Å². The van der Waals surface area contributed by atoms with E-state index in [9.17, 15) is 14.7 Å². The molecule has 2 aromatic rings. The Labute approximate surface area is 137 Å². The molecule has 1 aromatic carbocycles. The van der Waals surface area contributed by atoms with Crippen LogP contribution in [0, 0.1) is 0 Å². The Morgan fingerprint density at radius 1 is 1.30 bits per heavy atom. The molecule has 1 heterocycles. The van der Waals surface area contributed by atoms with Crippen molar-refractivity contribution in [3.63, 3.8) is 0 Å². The first-order chi connectivity index (χ1) is 11.0. The normalized spacial score (nSPS) is 10.2. The van der Waals surface area contributed by atoms with Gasteiger partial charge < -0.3 is 14.7 Å². The lowest BCUT2D eigenvalue weighted by Crippen LogP contribution is -2.27. The highest BCUT2D eigenvalue weighted by molar-refractivity contribution is 7.11. The molecule has 0 atom stereocenters. The summed E-state index contributed by atoms with van der Waals surface area (Å²) in [7, 11) is 3.13. The summed E-state index contributed by atoms with van der Waals surface area (Å²) in [5.41, 5.74) is 0.957. The third-order valence-corrected chi connectivity index (χ3v) is 3.72. The summed E-state index contributed by atoms with van der Waals surface area (Å²) in [5, 5.41) is 12.0. The maximum Gasteiger partial charge on any atom is 0.344 e. The summed E-state index contributed by atoms with van der Waals surface area (Å²) in [4.78, 5) is 24.4. The number of hydrogen-bond acceptors (Lipinski definition) is 5. The lowest BCUT2D eigenvalue weighted by atomic mass is 10.2. The predicted molar refractivity (Wildman–Crippen MR) is 87.4 cm³/mol. The number of ether oxygens (including phenoxy) is 1. The van der Waals surface area contributed by atoms with Crippen molar-refractivity contribution in [1.82, 2.24) is 9.27 Å². The molecular weight excluding hydrogens is 318 g/mol. The first kappa shape index (κ1) is 16.8. The van der Waals surface area contributed by atoms with Gasteiger partial charge in [-0.15, -0.1) is 0 Å². The number of nitrogens with one attached hydrogen (secondary N) is 1. The average Bonchev–Trinajstić information content (AvgIpc) is 2.91. The smallest absolute Gasteiger partial charge is 0.344 e. The van der Waals surface area contributed by atoms with E-state index in [1.807, 2.05) is 30.3 Å². The fourth-order valence-electron chi connectivity index (χ4n) is 1.77. The minimum atomic E-state index is -1.19. The van der Waals surface area contributed by atoms with Crippen LogP contribution in [0.4, 0.5) is 9.80 Å². The van der Waals surface area contributed by atoms with Crippen molar-refractivity contribution < 1.29 is 19.4 Å². The van der Waals surface area contributed by atoms with Crippen LogP contribution >= 0.6 is 11.5 Å². The summed E-state index contributed by atoms with van der Waals surface area (Å²) < 4.78 is 9.47. The summed E-state index contributed by atoms with van der Waals surface area (Å²) >= 11 is 0.882. The number of carbonyl (C=O) groups is 2. The number of amides is 2. The van der Waals surface area contributed by atoms with Gasteiger partial charge in [-0.3, -0.25) is 5.32 Å². The number of hydrogen-bond donors (Lipinski definition) is 2. The highest BCUT2D eigenvalue weighted by Gasteiger charge is 2.23.